The van der Waals surface area contributed by atoms with E-state index in [0.717, 1.165) is 5.54 Å². The van der Waals surface area contributed by atoms with Crippen LogP contribution in [0.3, 0.4) is 0 Å². The third kappa shape index (κ3) is 4.36. The molecule has 0 bridgehead atoms. The van der Waals surface area contributed by atoms with Gasteiger partial charge in [-0.2, -0.15) is 0 Å². The van der Waals surface area contributed by atoms with Crippen LogP contribution >= 0.6 is 58.6 Å². The first-order valence-corrected chi connectivity index (χ1v) is 8.18. The minimum atomic E-state index is -3.73. The lowest BCUT2D eigenvalue weighted by Crippen LogP contribution is -1.96. The first kappa shape index (κ1) is 17.3. The Hall–Kier alpha value is 0.260. The molecular weight excluding hydrogens is 401 g/mol. The molecule has 1 rings (SSSR count). The lowest BCUT2D eigenvalue weighted by molar-refractivity contribution is 0.201. The second kappa shape index (κ2) is 7.32. The zero-order valence-electron chi connectivity index (χ0n) is 9.82. The van der Waals surface area contributed by atoms with Crippen molar-refractivity contribution in [1.82, 2.24) is 0 Å². The number of rotatable bonds is 5. The summed E-state index contributed by atoms with van der Waals surface area (Å²) in [6.45, 7) is 0. The molecule has 0 heterocycles. The fourth-order valence-electron chi connectivity index (χ4n) is 1.11. The SMILES string of the molecule is COP(=O)(OC)O/C(=C/Cl)c1cc(Cl)c(Br)cc1Cl. The predicted molar refractivity (Wildman–Crippen MR) is 80.7 cm³/mol. The summed E-state index contributed by atoms with van der Waals surface area (Å²) in [5, 5.41) is 0.700. The molecule has 0 aliphatic heterocycles. The molecule has 0 N–H and O–H groups in total. The largest absolute Gasteiger partial charge is 0.529 e. The normalized spacial score (nSPS) is 12.6. The smallest absolute Gasteiger partial charge is 0.402 e. The summed E-state index contributed by atoms with van der Waals surface area (Å²) in [6, 6.07) is 3.07. The van der Waals surface area contributed by atoms with Gasteiger partial charge in [0.1, 0.15) is 0 Å². The zero-order valence-corrected chi connectivity index (χ0v) is 14.6. The van der Waals surface area contributed by atoms with Crippen LogP contribution < -0.4 is 0 Å². The summed E-state index contributed by atoms with van der Waals surface area (Å²) < 4.78 is 27.0. The topological polar surface area (TPSA) is 44.8 Å². The summed E-state index contributed by atoms with van der Waals surface area (Å²) in [4.78, 5) is 0. The first-order chi connectivity index (χ1) is 8.86. The summed E-state index contributed by atoms with van der Waals surface area (Å²) in [5.74, 6) is 0.0214. The number of hydrogen-bond donors (Lipinski definition) is 0. The molecule has 0 aromatic heterocycles. The number of phosphoric ester groups is 1. The zero-order chi connectivity index (χ0) is 14.6. The molecule has 0 amide bonds. The van der Waals surface area contributed by atoms with Gasteiger partial charge < -0.3 is 4.52 Å². The van der Waals surface area contributed by atoms with E-state index in [0.29, 0.717) is 20.1 Å². The molecule has 0 atom stereocenters. The van der Waals surface area contributed by atoms with E-state index in [1.165, 1.54) is 20.3 Å². The van der Waals surface area contributed by atoms with Crippen LogP contribution in [0.1, 0.15) is 5.56 Å². The van der Waals surface area contributed by atoms with Gasteiger partial charge in [-0.3, -0.25) is 9.05 Å². The molecule has 0 spiro atoms. The van der Waals surface area contributed by atoms with Crippen molar-refractivity contribution in [2.75, 3.05) is 14.2 Å². The Labute approximate surface area is 134 Å². The van der Waals surface area contributed by atoms with Gasteiger partial charge in [-0.05, 0) is 28.1 Å². The van der Waals surface area contributed by atoms with Gasteiger partial charge in [-0.1, -0.05) is 34.8 Å². The van der Waals surface area contributed by atoms with Crippen LogP contribution in [0.4, 0.5) is 0 Å². The molecule has 0 fully saturated rings. The van der Waals surface area contributed by atoms with Gasteiger partial charge in [0, 0.05) is 29.8 Å². The van der Waals surface area contributed by atoms with Gasteiger partial charge in [0.05, 0.1) is 10.0 Å². The van der Waals surface area contributed by atoms with Crippen molar-refractivity contribution >= 4 is 64.3 Å². The fraction of sp³-hybridized carbons (Fsp3) is 0.200. The Balaban J connectivity index is 3.20. The molecule has 106 valence electrons. The lowest BCUT2D eigenvalue weighted by Gasteiger charge is -2.17. The highest BCUT2D eigenvalue weighted by Crippen LogP contribution is 2.52. The van der Waals surface area contributed by atoms with E-state index in [2.05, 4.69) is 25.0 Å². The summed E-state index contributed by atoms with van der Waals surface area (Å²) in [7, 11) is -1.36. The number of benzene rings is 1. The van der Waals surface area contributed by atoms with Crippen LogP contribution in [0, 0.1) is 0 Å². The second-order valence-corrected chi connectivity index (χ2v) is 6.82. The first-order valence-electron chi connectivity index (χ1n) is 4.73. The number of phosphoric acid groups is 1. The van der Waals surface area contributed by atoms with Crippen molar-refractivity contribution < 1.29 is 18.1 Å². The molecule has 4 nitrogen and oxygen atoms in total. The van der Waals surface area contributed by atoms with Crippen molar-refractivity contribution in [3.8, 4) is 0 Å². The molecule has 9 heteroatoms. The maximum absolute atomic E-state index is 11.9. The monoisotopic (exact) mass is 408 g/mol. The van der Waals surface area contributed by atoms with E-state index in [1.54, 1.807) is 6.07 Å². The minimum Gasteiger partial charge on any atom is -0.402 e. The van der Waals surface area contributed by atoms with E-state index in [9.17, 15) is 4.57 Å². The molecule has 0 saturated carbocycles. The summed E-state index contributed by atoms with van der Waals surface area (Å²) >= 11 is 20.9. The maximum atomic E-state index is 11.9. The van der Waals surface area contributed by atoms with Gasteiger partial charge >= 0.3 is 7.82 Å². The fourth-order valence-corrected chi connectivity index (χ4v) is 2.92. The van der Waals surface area contributed by atoms with E-state index >= 15 is 0 Å². The molecule has 0 saturated heterocycles. The van der Waals surface area contributed by atoms with Crippen LogP contribution in [-0.4, -0.2) is 14.2 Å². The van der Waals surface area contributed by atoms with Gasteiger partial charge in [0.15, 0.2) is 5.76 Å². The third-order valence-electron chi connectivity index (χ3n) is 2.03. The van der Waals surface area contributed by atoms with Gasteiger partial charge in [0.25, 0.3) is 0 Å². The molecule has 0 aliphatic rings. The molecule has 19 heavy (non-hydrogen) atoms. The quantitative estimate of drug-likeness (QED) is 0.354. The maximum Gasteiger partial charge on any atom is 0.529 e. The van der Waals surface area contributed by atoms with E-state index in [4.69, 9.17) is 39.3 Å². The highest BCUT2D eigenvalue weighted by atomic mass is 79.9. The van der Waals surface area contributed by atoms with Gasteiger partial charge in [-0.15, -0.1) is 0 Å². The minimum absolute atomic E-state index is 0.0214. The Bertz CT molecular complexity index is 542. The van der Waals surface area contributed by atoms with Gasteiger partial charge in [0.2, 0.25) is 0 Å². The molecule has 1 aromatic rings. The van der Waals surface area contributed by atoms with E-state index in [1.807, 2.05) is 0 Å². The van der Waals surface area contributed by atoms with Crippen molar-refractivity contribution in [2.24, 2.45) is 0 Å². The third-order valence-corrected chi connectivity index (χ3v) is 5.05. The molecule has 1 aromatic carbocycles. The van der Waals surface area contributed by atoms with Crippen molar-refractivity contribution in [3.05, 3.63) is 37.7 Å². The van der Waals surface area contributed by atoms with Crippen molar-refractivity contribution in [3.63, 3.8) is 0 Å². The highest BCUT2D eigenvalue weighted by molar-refractivity contribution is 9.10. The Morgan fingerprint density at radius 3 is 2.32 bits per heavy atom. The van der Waals surface area contributed by atoms with Crippen LogP contribution in [-0.2, 0) is 18.1 Å². The van der Waals surface area contributed by atoms with Gasteiger partial charge in [-0.25, -0.2) is 4.57 Å². The summed E-state index contributed by atoms with van der Waals surface area (Å²) in [5.41, 5.74) is 1.43. The molecule has 0 radical (unpaired) electrons. The molecular formula is C10H9BrCl3O4P. The Morgan fingerprint density at radius 2 is 1.84 bits per heavy atom. The van der Waals surface area contributed by atoms with Crippen LogP contribution in [0.25, 0.3) is 5.76 Å². The average molecular weight is 410 g/mol. The van der Waals surface area contributed by atoms with Crippen LogP contribution in [0.2, 0.25) is 10.0 Å². The lowest BCUT2D eigenvalue weighted by atomic mass is 10.2. The Morgan fingerprint density at radius 1 is 1.26 bits per heavy atom. The van der Waals surface area contributed by atoms with Crippen LogP contribution in [0.5, 0.6) is 0 Å². The van der Waals surface area contributed by atoms with Crippen molar-refractivity contribution in [1.29, 1.82) is 0 Å². The number of hydrogen-bond acceptors (Lipinski definition) is 4. The number of halogens is 4. The summed E-state index contributed by atoms with van der Waals surface area (Å²) in [6.07, 6.45) is 0. The van der Waals surface area contributed by atoms with E-state index < -0.39 is 7.82 Å². The second-order valence-electron chi connectivity index (χ2n) is 3.12. The highest BCUT2D eigenvalue weighted by Gasteiger charge is 2.27. The average Bonchev–Trinajstić information content (AvgIpc) is 2.40. The standard InChI is InChI=1S/C10H9BrCl3O4P/c1-16-19(15,17-2)18-10(5-12)6-3-9(14)7(11)4-8(6)13/h3-5H,1-2H3/b10-5+. The van der Waals surface area contributed by atoms with Crippen LogP contribution in [0.15, 0.2) is 22.1 Å². The molecule has 0 aliphatic carbocycles. The Kier molecular flexibility index (Phi) is 6.67. The predicted octanol–water partition coefficient (Wildman–Crippen LogP) is 5.71. The molecule has 0 unspecified atom stereocenters. The van der Waals surface area contributed by atoms with E-state index in [-0.39, 0.29) is 5.76 Å². The van der Waals surface area contributed by atoms with Crippen molar-refractivity contribution in [2.45, 2.75) is 0 Å².